The SMILES string of the molecule is CCOC(=O)[C@H]1CSCCN1C(=O)C[C@H](C)NC(=O)c1ccccc1. The summed E-state index contributed by atoms with van der Waals surface area (Å²) in [7, 11) is 0. The fraction of sp³-hybridized carbons (Fsp3) is 0.500. The van der Waals surface area contributed by atoms with Crippen LogP contribution in [0, 0.1) is 0 Å². The molecule has 0 aliphatic carbocycles. The third kappa shape index (κ3) is 5.49. The Balaban J connectivity index is 1.92. The summed E-state index contributed by atoms with van der Waals surface area (Å²) in [6.07, 6.45) is 0.152. The van der Waals surface area contributed by atoms with Crippen LogP contribution in [0.3, 0.4) is 0 Å². The second-order valence-corrected chi connectivity index (χ2v) is 7.02. The third-order valence-corrected chi connectivity index (χ3v) is 4.92. The van der Waals surface area contributed by atoms with E-state index < -0.39 is 6.04 Å². The number of nitrogens with one attached hydrogen (secondary N) is 1. The average Bonchev–Trinajstić information content (AvgIpc) is 2.62. The van der Waals surface area contributed by atoms with Crippen LogP contribution in [-0.4, -0.2) is 59.4 Å². The van der Waals surface area contributed by atoms with Crippen molar-refractivity contribution in [3.8, 4) is 0 Å². The van der Waals surface area contributed by atoms with Gasteiger partial charge in [0.15, 0.2) is 0 Å². The van der Waals surface area contributed by atoms with Gasteiger partial charge in [-0.15, -0.1) is 0 Å². The predicted molar refractivity (Wildman–Crippen MR) is 97.4 cm³/mol. The third-order valence-electron chi connectivity index (χ3n) is 3.90. The molecular formula is C18H24N2O4S. The van der Waals surface area contributed by atoms with Gasteiger partial charge in [0.2, 0.25) is 5.91 Å². The molecule has 2 atom stereocenters. The van der Waals surface area contributed by atoms with Crippen molar-refractivity contribution < 1.29 is 19.1 Å². The first-order valence-corrected chi connectivity index (χ1v) is 9.58. The van der Waals surface area contributed by atoms with Gasteiger partial charge in [-0.2, -0.15) is 11.8 Å². The largest absolute Gasteiger partial charge is 0.464 e. The summed E-state index contributed by atoms with van der Waals surface area (Å²) in [4.78, 5) is 38.4. The van der Waals surface area contributed by atoms with Crippen LogP contribution < -0.4 is 5.32 Å². The number of thioether (sulfide) groups is 1. The lowest BCUT2D eigenvalue weighted by atomic mass is 10.1. The van der Waals surface area contributed by atoms with Gasteiger partial charge in [0.1, 0.15) is 6.04 Å². The summed E-state index contributed by atoms with van der Waals surface area (Å²) >= 11 is 1.64. The van der Waals surface area contributed by atoms with Crippen molar-refractivity contribution in [1.82, 2.24) is 10.2 Å². The van der Waals surface area contributed by atoms with E-state index in [4.69, 9.17) is 4.74 Å². The fourth-order valence-corrected chi connectivity index (χ4v) is 3.69. The van der Waals surface area contributed by atoms with E-state index in [0.717, 1.165) is 5.75 Å². The molecule has 1 aromatic carbocycles. The number of hydrogen-bond acceptors (Lipinski definition) is 5. The molecule has 136 valence electrons. The van der Waals surface area contributed by atoms with E-state index in [1.807, 2.05) is 6.07 Å². The maximum Gasteiger partial charge on any atom is 0.329 e. The number of carbonyl (C=O) groups excluding carboxylic acids is 3. The van der Waals surface area contributed by atoms with Gasteiger partial charge < -0.3 is 15.0 Å². The standard InChI is InChI=1S/C18H24N2O4S/c1-3-24-18(23)15-12-25-10-9-20(15)16(21)11-13(2)19-17(22)14-7-5-4-6-8-14/h4-8,13,15H,3,9-12H2,1-2H3,(H,19,22)/t13-,15+/m0/s1. The molecule has 0 spiro atoms. The van der Waals surface area contributed by atoms with Crippen molar-refractivity contribution in [3.63, 3.8) is 0 Å². The van der Waals surface area contributed by atoms with E-state index in [9.17, 15) is 14.4 Å². The lowest BCUT2D eigenvalue weighted by Gasteiger charge is -2.34. The van der Waals surface area contributed by atoms with Crippen LogP contribution >= 0.6 is 11.8 Å². The van der Waals surface area contributed by atoms with E-state index in [0.29, 0.717) is 24.5 Å². The number of rotatable bonds is 6. The fourth-order valence-electron chi connectivity index (χ4n) is 2.66. The van der Waals surface area contributed by atoms with Crippen molar-refractivity contribution in [2.24, 2.45) is 0 Å². The highest BCUT2D eigenvalue weighted by Crippen LogP contribution is 2.19. The molecule has 1 aromatic rings. The molecule has 25 heavy (non-hydrogen) atoms. The first-order chi connectivity index (χ1) is 12.0. The smallest absolute Gasteiger partial charge is 0.329 e. The van der Waals surface area contributed by atoms with Gasteiger partial charge in [0.05, 0.1) is 6.61 Å². The summed E-state index contributed by atoms with van der Waals surface area (Å²) in [6.45, 7) is 4.36. The number of ether oxygens (including phenoxy) is 1. The van der Waals surface area contributed by atoms with Crippen LogP contribution in [0.5, 0.6) is 0 Å². The molecule has 1 aliphatic heterocycles. The summed E-state index contributed by atoms with van der Waals surface area (Å²) in [5, 5.41) is 2.83. The molecule has 6 nitrogen and oxygen atoms in total. The van der Waals surface area contributed by atoms with Gasteiger partial charge in [-0.3, -0.25) is 9.59 Å². The Morgan fingerprint density at radius 2 is 2.04 bits per heavy atom. The first kappa shape index (κ1) is 19.3. The number of esters is 1. The number of nitrogens with zero attached hydrogens (tertiary/aromatic N) is 1. The summed E-state index contributed by atoms with van der Waals surface area (Å²) in [6, 6.07) is 8.01. The van der Waals surface area contributed by atoms with Crippen molar-refractivity contribution >= 4 is 29.5 Å². The Bertz CT molecular complexity index is 608. The van der Waals surface area contributed by atoms with E-state index >= 15 is 0 Å². The topological polar surface area (TPSA) is 75.7 Å². The highest BCUT2D eigenvalue weighted by molar-refractivity contribution is 7.99. The van der Waals surface area contributed by atoms with E-state index in [-0.39, 0.29) is 30.2 Å². The molecule has 1 saturated heterocycles. The number of benzene rings is 1. The second-order valence-electron chi connectivity index (χ2n) is 5.87. The molecule has 1 fully saturated rings. The monoisotopic (exact) mass is 364 g/mol. The Morgan fingerprint density at radius 3 is 2.72 bits per heavy atom. The summed E-state index contributed by atoms with van der Waals surface area (Å²) in [5.41, 5.74) is 0.556. The zero-order valence-electron chi connectivity index (χ0n) is 14.6. The van der Waals surface area contributed by atoms with E-state index in [2.05, 4.69) is 5.32 Å². The molecule has 0 radical (unpaired) electrons. The molecule has 2 rings (SSSR count). The molecule has 2 amide bonds. The Hall–Kier alpha value is -2.02. The van der Waals surface area contributed by atoms with Gasteiger partial charge in [0.25, 0.3) is 5.91 Å². The normalized spacial score (nSPS) is 18.3. The molecule has 7 heteroatoms. The van der Waals surface area contributed by atoms with Crippen LogP contribution in [-0.2, 0) is 14.3 Å². The van der Waals surface area contributed by atoms with Crippen molar-refractivity contribution in [1.29, 1.82) is 0 Å². The van der Waals surface area contributed by atoms with Crippen LogP contribution in [0.15, 0.2) is 30.3 Å². The minimum Gasteiger partial charge on any atom is -0.464 e. The maximum absolute atomic E-state index is 12.6. The minimum atomic E-state index is -0.539. The highest BCUT2D eigenvalue weighted by atomic mass is 32.2. The lowest BCUT2D eigenvalue weighted by molar-refractivity contribution is -0.154. The molecule has 1 N–H and O–H groups in total. The molecule has 0 saturated carbocycles. The van der Waals surface area contributed by atoms with Gasteiger partial charge in [-0.1, -0.05) is 18.2 Å². The van der Waals surface area contributed by atoms with Crippen LogP contribution in [0.25, 0.3) is 0 Å². The van der Waals surface area contributed by atoms with Gasteiger partial charge in [-0.05, 0) is 26.0 Å². The first-order valence-electron chi connectivity index (χ1n) is 8.42. The Labute approximate surface area is 152 Å². The van der Waals surface area contributed by atoms with Gasteiger partial charge in [-0.25, -0.2) is 4.79 Å². The van der Waals surface area contributed by atoms with E-state index in [1.54, 1.807) is 54.8 Å². The highest BCUT2D eigenvalue weighted by Gasteiger charge is 2.34. The summed E-state index contributed by atoms with van der Waals surface area (Å²) < 4.78 is 5.07. The minimum absolute atomic E-state index is 0.140. The Kier molecular flexibility index (Phi) is 7.31. The van der Waals surface area contributed by atoms with Gasteiger partial charge >= 0.3 is 5.97 Å². The predicted octanol–water partition coefficient (Wildman–Crippen LogP) is 1.70. The molecular weight excluding hydrogens is 340 g/mol. The lowest BCUT2D eigenvalue weighted by Crippen LogP contribution is -2.52. The number of amides is 2. The molecule has 0 unspecified atom stereocenters. The van der Waals surface area contributed by atoms with Crippen LogP contribution in [0.1, 0.15) is 30.6 Å². The molecule has 1 aliphatic rings. The second kappa shape index (κ2) is 9.46. The average molecular weight is 364 g/mol. The number of hydrogen-bond donors (Lipinski definition) is 1. The van der Waals surface area contributed by atoms with Crippen LogP contribution in [0.2, 0.25) is 0 Å². The molecule has 0 bridgehead atoms. The quantitative estimate of drug-likeness (QED) is 0.778. The van der Waals surface area contributed by atoms with Gasteiger partial charge in [0, 0.05) is 36.1 Å². The number of carbonyl (C=O) groups is 3. The maximum atomic E-state index is 12.6. The zero-order valence-corrected chi connectivity index (χ0v) is 15.4. The van der Waals surface area contributed by atoms with E-state index in [1.165, 1.54) is 0 Å². The molecule has 0 aromatic heterocycles. The van der Waals surface area contributed by atoms with Crippen molar-refractivity contribution in [3.05, 3.63) is 35.9 Å². The van der Waals surface area contributed by atoms with Crippen LogP contribution in [0.4, 0.5) is 0 Å². The molecule has 1 heterocycles. The zero-order chi connectivity index (χ0) is 18.2. The van der Waals surface area contributed by atoms with Crippen molar-refractivity contribution in [2.75, 3.05) is 24.7 Å². The summed E-state index contributed by atoms with van der Waals surface area (Å²) in [5.74, 6) is 0.641. The van der Waals surface area contributed by atoms with Crippen molar-refractivity contribution in [2.45, 2.75) is 32.4 Å². The Morgan fingerprint density at radius 1 is 1.32 bits per heavy atom.